The number of pyridine rings is 1. The minimum atomic E-state index is -0.196. The van der Waals surface area contributed by atoms with Crippen LogP contribution in [0.1, 0.15) is 40.6 Å². The van der Waals surface area contributed by atoms with E-state index in [0.717, 1.165) is 23.1 Å². The summed E-state index contributed by atoms with van der Waals surface area (Å²) in [5.41, 5.74) is 3.75. The van der Waals surface area contributed by atoms with Gasteiger partial charge in [-0.3, -0.25) is 4.98 Å². The monoisotopic (exact) mass is 269 g/mol. The molecule has 0 aliphatic heterocycles. The second-order valence-corrected chi connectivity index (χ2v) is 5.39. The summed E-state index contributed by atoms with van der Waals surface area (Å²) in [5, 5.41) is 0. The van der Waals surface area contributed by atoms with Crippen LogP contribution in [0.2, 0.25) is 0 Å². The number of benzene rings is 1. The van der Waals surface area contributed by atoms with Gasteiger partial charge in [-0.05, 0) is 54.5 Å². The predicted octanol–water partition coefficient (Wildman–Crippen LogP) is 3.54. The molecule has 2 nitrogen and oxygen atoms in total. The van der Waals surface area contributed by atoms with Gasteiger partial charge >= 0.3 is 0 Å². The number of carbonyl (C=O) groups is 1. The van der Waals surface area contributed by atoms with Crippen molar-refractivity contribution < 1.29 is 9.18 Å². The highest BCUT2D eigenvalue weighted by molar-refractivity contribution is 5.65. The molecule has 1 aromatic heterocycles. The van der Waals surface area contributed by atoms with Gasteiger partial charge in [0.25, 0.3) is 0 Å². The molecule has 0 radical (unpaired) electrons. The van der Waals surface area contributed by atoms with Crippen molar-refractivity contribution in [2.24, 2.45) is 0 Å². The number of aldehydes is 1. The van der Waals surface area contributed by atoms with Crippen molar-refractivity contribution in [3.05, 3.63) is 64.7 Å². The summed E-state index contributed by atoms with van der Waals surface area (Å²) in [5.74, 6) is -0.358. The molecule has 0 bridgehead atoms. The lowest BCUT2D eigenvalue weighted by atomic mass is 9.75. The van der Waals surface area contributed by atoms with Crippen LogP contribution >= 0.6 is 0 Å². The summed E-state index contributed by atoms with van der Waals surface area (Å²) in [6, 6.07) is 8.74. The molecule has 20 heavy (non-hydrogen) atoms. The third-order valence-electron chi connectivity index (χ3n) is 4.15. The molecule has 0 saturated heterocycles. The minimum absolute atomic E-state index is 0.0215. The number of aryl methyl sites for hydroxylation is 1. The number of aromatic nitrogens is 1. The summed E-state index contributed by atoms with van der Waals surface area (Å²) in [4.78, 5) is 15.8. The van der Waals surface area contributed by atoms with Crippen LogP contribution in [0.25, 0.3) is 0 Å². The Labute approximate surface area is 117 Å². The fourth-order valence-corrected chi connectivity index (χ4v) is 3.20. The van der Waals surface area contributed by atoms with E-state index >= 15 is 0 Å². The van der Waals surface area contributed by atoms with Crippen LogP contribution in [-0.4, -0.2) is 11.3 Å². The normalized spacial score (nSPS) is 21.3. The first-order chi connectivity index (χ1) is 9.70. The molecule has 3 rings (SSSR count). The van der Waals surface area contributed by atoms with E-state index < -0.39 is 0 Å². The van der Waals surface area contributed by atoms with Gasteiger partial charge in [0.2, 0.25) is 0 Å². The van der Waals surface area contributed by atoms with Crippen molar-refractivity contribution >= 4 is 6.29 Å². The van der Waals surface area contributed by atoms with Crippen molar-refractivity contribution in [1.82, 2.24) is 4.98 Å². The molecule has 1 aromatic carbocycles. The molecule has 1 aliphatic carbocycles. The zero-order valence-corrected chi connectivity index (χ0v) is 11.3. The average Bonchev–Trinajstić information content (AvgIpc) is 2.47. The van der Waals surface area contributed by atoms with Crippen LogP contribution in [-0.2, 0) is 11.2 Å². The Morgan fingerprint density at radius 1 is 1.30 bits per heavy atom. The summed E-state index contributed by atoms with van der Waals surface area (Å²) in [6.07, 6.45) is 4.09. The van der Waals surface area contributed by atoms with Gasteiger partial charge in [-0.1, -0.05) is 18.2 Å². The molecular weight excluding hydrogens is 253 g/mol. The van der Waals surface area contributed by atoms with Gasteiger partial charge in [0, 0.05) is 17.8 Å². The molecule has 0 amide bonds. The topological polar surface area (TPSA) is 30.0 Å². The smallest absolute Gasteiger partial charge is 0.127 e. The maximum Gasteiger partial charge on any atom is 0.127 e. The highest BCUT2D eigenvalue weighted by Gasteiger charge is 2.30. The van der Waals surface area contributed by atoms with E-state index in [9.17, 15) is 9.18 Å². The maximum absolute atomic E-state index is 14.0. The lowest BCUT2D eigenvalue weighted by Gasteiger charge is -2.29. The summed E-state index contributed by atoms with van der Waals surface area (Å²) in [7, 11) is 0. The van der Waals surface area contributed by atoms with E-state index in [4.69, 9.17) is 0 Å². The average molecular weight is 269 g/mol. The second-order valence-electron chi connectivity index (χ2n) is 5.39. The van der Waals surface area contributed by atoms with Crippen molar-refractivity contribution in [3.63, 3.8) is 0 Å². The first-order valence-electron chi connectivity index (χ1n) is 6.84. The van der Waals surface area contributed by atoms with E-state index in [1.807, 2.05) is 25.1 Å². The van der Waals surface area contributed by atoms with Gasteiger partial charge in [0.15, 0.2) is 0 Å². The Morgan fingerprint density at radius 2 is 2.10 bits per heavy atom. The van der Waals surface area contributed by atoms with Gasteiger partial charge < -0.3 is 4.79 Å². The lowest BCUT2D eigenvalue weighted by Crippen LogP contribution is -2.21. The van der Waals surface area contributed by atoms with Gasteiger partial charge in [-0.25, -0.2) is 4.39 Å². The van der Waals surface area contributed by atoms with Gasteiger partial charge in [0.05, 0.1) is 0 Å². The molecule has 2 aromatic rings. The van der Waals surface area contributed by atoms with E-state index in [2.05, 4.69) is 4.98 Å². The number of nitrogens with zero attached hydrogens (tertiary/aromatic N) is 1. The molecule has 1 aliphatic rings. The van der Waals surface area contributed by atoms with Crippen molar-refractivity contribution in [2.45, 2.75) is 31.6 Å². The van der Waals surface area contributed by atoms with Crippen LogP contribution < -0.4 is 0 Å². The predicted molar refractivity (Wildman–Crippen MR) is 75.2 cm³/mol. The first-order valence-corrected chi connectivity index (χ1v) is 6.84. The number of rotatable bonds is 2. The summed E-state index contributed by atoms with van der Waals surface area (Å²) in [6.45, 7) is 2.00. The maximum atomic E-state index is 14.0. The van der Waals surface area contributed by atoms with Crippen LogP contribution in [0, 0.1) is 12.7 Å². The van der Waals surface area contributed by atoms with E-state index in [1.54, 1.807) is 12.3 Å². The van der Waals surface area contributed by atoms with E-state index in [1.165, 1.54) is 6.07 Å². The lowest BCUT2D eigenvalue weighted by molar-refractivity contribution is -0.109. The van der Waals surface area contributed by atoms with Crippen LogP contribution in [0.15, 0.2) is 36.5 Å². The number of hydrogen-bond acceptors (Lipinski definition) is 2. The number of halogens is 1. The molecule has 2 atom stereocenters. The first kappa shape index (κ1) is 13.0. The second kappa shape index (κ2) is 5.16. The third-order valence-corrected chi connectivity index (χ3v) is 4.15. The number of fused-ring (bicyclic) bond motifs is 1. The molecule has 0 saturated carbocycles. The van der Waals surface area contributed by atoms with Crippen LogP contribution in [0.4, 0.5) is 4.39 Å². The van der Waals surface area contributed by atoms with Crippen molar-refractivity contribution in [1.29, 1.82) is 0 Å². The van der Waals surface area contributed by atoms with Gasteiger partial charge in [-0.15, -0.1) is 0 Å². The fourth-order valence-electron chi connectivity index (χ4n) is 3.20. The van der Waals surface area contributed by atoms with Crippen molar-refractivity contribution in [2.75, 3.05) is 0 Å². The Bertz CT molecular complexity index is 653. The standard InChI is InChI=1S/C17H16FNO/c1-11-6-7-19-16-9-12(8-13(10-20)17(11)16)14-4-2-3-5-15(14)18/h2-7,10,12-13H,8-9H2,1H3. The van der Waals surface area contributed by atoms with Crippen LogP contribution in [0.5, 0.6) is 0 Å². The Morgan fingerprint density at radius 3 is 2.85 bits per heavy atom. The van der Waals surface area contributed by atoms with Crippen molar-refractivity contribution in [3.8, 4) is 0 Å². The summed E-state index contributed by atoms with van der Waals surface area (Å²) >= 11 is 0. The molecule has 0 spiro atoms. The molecule has 1 heterocycles. The largest absolute Gasteiger partial charge is 0.303 e. The number of carbonyl (C=O) groups excluding carboxylic acids is 1. The van der Waals surface area contributed by atoms with Gasteiger partial charge in [0.1, 0.15) is 12.1 Å². The highest BCUT2D eigenvalue weighted by atomic mass is 19.1. The SMILES string of the molecule is Cc1ccnc2c1C(C=O)CC(c1ccccc1F)C2. The van der Waals surface area contributed by atoms with Crippen LogP contribution in [0.3, 0.4) is 0 Å². The third kappa shape index (κ3) is 2.13. The fraction of sp³-hybridized carbons (Fsp3) is 0.294. The molecule has 0 fully saturated rings. The minimum Gasteiger partial charge on any atom is -0.303 e. The van der Waals surface area contributed by atoms with E-state index in [0.29, 0.717) is 18.4 Å². The van der Waals surface area contributed by atoms with E-state index in [-0.39, 0.29) is 17.7 Å². The molecule has 102 valence electrons. The molecule has 0 N–H and O–H groups in total. The highest BCUT2D eigenvalue weighted by Crippen LogP contribution is 2.40. The molecular formula is C17H16FNO. The zero-order chi connectivity index (χ0) is 14.1. The quantitative estimate of drug-likeness (QED) is 0.780. The zero-order valence-electron chi connectivity index (χ0n) is 11.3. The molecule has 3 heteroatoms. The Kier molecular flexibility index (Phi) is 3.35. The Balaban J connectivity index is 2.04. The molecule has 2 unspecified atom stereocenters. The summed E-state index contributed by atoms with van der Waals surface area (Å²) < 4.78 is 14.0. The number of hydrogen-bond donors (Lipinski definition) is 0. The Hall–Kier alpha value is -2.03. The van der Waals surface area contributed by atoms with Gasteiger partial charge in [-0.2, -0.15) is 0 Å².